The standard InChI is InChI=1S/C10H11BrN2S/c1-12-3-2-7-4-8(11)5-9-10(7)14-6-13-9/h4-6,12H,2-3H2,1H3. The van der Waals surface area contributed by atoms with Crippen molar-refractivity contribution >= 4 is 37.5 Å². The molecule has 4 heteroatoms. The van der Waals surface area contributed by atoms with Gasteiger partial charge in [-0.05, 0) is 37.7 Å². The lowest BCUT2D eigenvalue weighted by molar-refractivity contribution is 0.795. The van der Waals surface area contributed by atoms with Crippen LogP contribution in [0.15, 0.2) is 22.1 Å². The van der Waals surface area contributed by atoms with Crippen LogP contribution in [0.4, 0.5) is 0 Å². The van der Waals surface area contributed by atoms with Crippen molar-refractivity contribution in [1.82, 2.24) is 10.3 Å². The fourth-order valence-electron chi connectivity index (χ4n) is 1.45. The predicted molar refractivity (Wildman–Crippen MR) is 65.0 cm³/mol. The van der Waals surface area contributed by atoms with Gasteiger partial charge in [-0.25, -0.2) is 4.98 Å². The van der Waals surface area contributed by atoms with Gasteiger partial charge < -0.3 is 5.32 Å². The summed E-state index contributed by atoms with van der Waals surface area (Å²) >= 11 is 5.22. The molecule has 1 heterocycles. The molecule has 14 heavy (non-hydrogen) atoms. The van der Waals surface area contributed by atoms with Crippen molar-refractivity contribution in [2.24, 2.45) is 0 Å². The molecule has 0 amide bonds. The molecule has 0 aliphatic heterocycles. The highest BCUT2D eigenvalue weighted by Gasteiger charge is 2.04. The average Bonchev–Trinajstić information content (AvgIpc) is 2.61. The molecule has 1 aromatic heterocycles. The molecule has 0 aliphatic carbocycles. The molecule has 74 valence electrons. The van der Waals surface area contributed by atoms with E-state index in [-0.39, 0.29) is 0 Å². The molecule has 1 aromatic carbocycles. The summed E-state index contributed by atoms with van der Waals surface area (Å²) in [5, 5.41) is 3.16. The van der Waals surface area contributed by atoms with E-state index in [1.165, 1.54) is 10.3 Å². The molecule has 2 rings (SSSR count). The van der Waals surface area contributed by atoms with Crippen LogP contribution in [0, 0.1) is 0 Å². The van der Waals surface area contributed by atoms with Crippen molar-refractivity contribution in [2.45, 2.75) is 6.42 Å². The van der Waals surface area contributed by atoms with Crippen molar-refractivity contribution in [1.29, 1.82) is 0 Å². The van der Waals surface area contributed by atoms with Crippen LogP contribution in [-0.4, -0.2) is 18.6 Å². The van der Waals surface area contributed by atoms with Gasteiger partial charge in [0.15, 0.2) is 0 Å². The van der Waals surface area contributed by atoms with Gasteiger partial charge in [-0.15, -0.1) is 11.3 Å². The zero-order valence-electron chi connectivity index (χ0n) is 7.88. The first-order chi connectivity index (χ1) is 6.81. The number of likely N-dealkylation sites (N-methyl/N-ethyl adjacent to an activating group) is 1. The summed E-state index contributed by atoms with van der Waals surface area (Å²) in [6.45, 7) is 1.00. The molecule has 0 atom stereocenters. The number of aromatic nitrogens is 1. The van der Waals surface area contributed by atoms with E-state index in [9.17, 15) is 0 Å². The number of hydrogen-bond donors (Lipinski definition) is 1. The summed E-state index contributed by atoms with van der Waals surface area (Å²) < 4.78 is 2.42. The minimum absolute atomic E-state index is 1.00. The first kappa shape index (κ1) is 10.1. The molecule has 0 aliphatic rings. The number of thiazole rings is 1. The summed E-state index contributed by atoms with van der Waals surface area (Å²) in [5.74, 6) is 0. The van der Waals surface area contributed by atoms with E-state index in [2.05, 4.69) is 38.4 Å². The summed E-state index contributed by atoms with van der Waals surface area (Å²) in [4.78, 5) is 4.32. The molecule has 0 bridgehead atoms. The number of nitrogens with one attached hydrogen (secondary N) is 1. The fourth-order valence-corrected chi connectivity index (χ4v) is 2.76. The number of fused-ring (bicyclic) bond motifs is 1. The number of nitrogens with zero attached hydrogens (tertiary/aromatic N) is 1. The zero-order chi connectivity index (χ0) is 9.97. The van der Waals surface area contributed by atoms with E-state index < -0.39 is 0 Å². The van der Waals surface area contributed by atoms with Gasteiger partial charge in [0.25, 0.3) is 0 Å². The highest BCUT2D eigenvalue weighted by atomic mass is 79.9. The largest absolute Gasteiger partial charge is 0.319 e. The van der Waals surface area contributed by atoms with Crippen LogP contribution in [0.2, 0.25) is 0 Å². The first-order valence-electron chi connectivity index (χ1n) is 4.47. The molecule has 0 saturated heterocycles. The highest BCUT2D eigenvalue weighted by Crippen LogP contribution is 2.26. The van der Waals surface area contributed by atoms with Gasteiger partial charge in [0, 0.05) is 4.47 Å². The molecular weight excluding hydrogens is 260 g/mol. The Bertz CT molecular complexity index is 439. The van der Waals surface area contributed by atoms with Crippen LogP contribution in [0.3, 0.4) is 0 Å². The maximum atomic E-state index is 4.32. The van der Waals surface area contributed by atoms with Crippen molar-refractivity contribution in [3.8, 4) is 0 Å². The van der Waals surface area contributed by atoms with E-state index in [0.717, 1.165) is 23.0 Å². The Morgan fingerprint density at radius 2 is 2.36 bits per heavy atom. The zero-order valence-corrected chi connectivity index (χ0v) is 10.3. The number of rotatable bonds is 3. The second kappa shape index (κ2) is 4.38. The highest BCUT2D eigenvalue weighted by molar-refractivity contribution is 9.10. The smallest absolute Gasteiger partial charge is 0.0826 e. The topological polar surface area (TPSA) is 24.9 Å². The van der Waals surface area contributed by atoms with Crippen LogP contribution in [0.1, 0.15) is 5.56 Å². The quantitative estimate of drug-likeness (QED) is 0.928. The first-order valence-corrected chi connectivity index (χ1v) is 6.15. The van der Waals surface area contributed by atoms with E-state index in [0.29, 0.717) is 0 Å². The molecule has 0 fully saturated rings. The molecule has 1 N–H and O–H groups in total. The molecular formula is C10H11BrN2S. The fraction of sp³-hybridized carbons (Fsp3) is 0.300. The Kier molecular flexibility index (Phi) is 3.15. The van der Waals surface area contributed by atoms with Crippen molar-refractivity contribution in [3.63, 3.8) is 0 Å². The summed E-state index contributed by atoms with van der Waals surface area (Å²) in [6, 6.07) is 4.24. The van der Waals surface area contributed by atoms with Crippen LogP contribution in [-0.2, 0) is 6.42 Å². The lowest BCUT2D eigenvalue weighted by Gasteiger charge is -2.02. The number of benzene rings is 1. The number of halogens is 1. The third kappa shape index (κ3) is 1.97. The van der Waals surface area contributed by atoms with Crippen LogP contribution < -0.4 is 5.32 Å². The SMILES string of the molecule is CNCCc1cc(Br)cc2ncsc12. The molecule has 0 unspecified atom stereocenters. The lowest BCUT2D eigenvalue weighted by Crippen LogP contribution is -2.10. The minimum atomic E-state index is 1.00. The summed E-state index contributed by atoms with van der Waals surface area (Å²) in [7, 11) is 1.97. The molecule has 0 saturated carbocycles. The van der Waals surface area contributed by atoms with Gasteiger partial charge in [0.05, 0.1) is 15.7 Å². The maximum absolute atomic E-state index is 4.32. The van der Waals surface area contributed by atoms with Gasteiger partial charge >= 0.3 is 0 Å². The van der Waals surface area contributed by atoms with E-state index in [1.54, 1.807) is 11.3 Å². The van der Waals surface area contributed by atoms with Crippen LogP contribution in [0.5, 0.6) is 0 Å². The Labute approximate surface area is 95.5 Å². The van der Waals surface area contributed by atoms with Crippen molar-refractivity contribution in [2.75, 3.05) is 13.6 Å². The van der Waals surface area contributed by atoms with Gasteiger partial charge in [0.2, 0.25) is 0 Å². The van der Waals surface area contributed by atoms with E-state index in [4.69, 9.17) is 0 Å². The minimum Gasteiger partial charge on any atom is -0.319 e. The lowest BCUT2D eigenvalue weighted by atomic mass is 10.1. The predicted octanol–water partition coefficient (Wildman–Crippen LogP) is 2.82. The van der Waals surface area contributed by atoms with E-state index >= 15 is 0 Å². The Hall–Kier alpha value is -0.450. The molecule has 2 nitrogen and oxygen atoms in total. The van der Waals surface area contributed by atoms with Crippen molar-refractivity contribution < 1.29 is 0 Å². The second-order valence-electron chi connectivity index (χ2n) is 3.12. The molecule has 0 spiro atoms. The van der Waals surface area contributed by atoms with Gasteiger partial charge in [-0.3, -0.25) is 0 Å². The molecule has 2 aromatic rings. The maximum Gasteiger partial charge on any atom is 0.0826 e. The summed E-state index contributed by atoms with van der Waals surface area (Å²) in [5.41, 5.74) is 4.36. The number of hydrogen-bond acceptors (Lipinski definition) is 3. The van der Waals surface area contributed by atoms with Crippen molar-refractivity contribution in [3.05, 3.63) is 27.7 Å². The third-order valence-electron chi connectivity index (χ3n) is 2.12. The summed E-state index contributed by atoms with van der Waals surface area (Å²) in [6.07, 6.45) is 1.05. The van der Waals surface area contributed by atoms with E-state index in [1.807, 2.05) is 12.6 Å². The third-order valence-corrected chi connectivity index (χ3v) is 3.49. The van der Waals surface area contributed by atoms with Gasteiger partial charge in [-0.1, -0.05) is 15.9 Å². The monoisotopic (exact) mass is 270 g/mol. The average molecular weight is 271 g/mol. The van der Waals surface area contributed by atoms with Gasteiger partial charge in [-0.2, -0.15) is 0 Å². The second-order valence-corrected chi connectivity index (χ2v) is 4.89. The Morgan fingerprint density at radius 1 is 1.50 bits per heavy atom. The normalized spacial score (nSPS) is 11.0. The Morgan fingerprint density at radius 3 is 3.14 bits per heavy atom. The van der Waals surface area contributed by atoms with Crippen LogP contribution in [0.25, 0.3) is 10.2 Å². The van der Waals surface area contributed by atoms with Crippen LogP contribution >= 0.6 is 27.3 Å². The Balaban J connectivity index is 2.44. The molecule has 0 radical (unpaired) electrons. The van der Waals surface area contributed by atoms with Gasteiger partial charge in [0.1, 0.15) is 0 Å².